The zero-order chi connectivity index (χ0) is 15.1. The average molecular weight is 296 g/mol. The Balaban J connectivity index is 1.41. The van der Waals surface area contributed by atoms with Crippen molar-refractivity contribution < 1.29 is 9.59 Å². The summed E-state index contributed by atoms with van der Waals surface area (Å²) < 4.78 is 0. The van der Waals surface area contributed by atoms with Crippen LogP contribution in [0.1, 0.15) is 25.7 Å². The Hall–Kier alpha value is -2.10. The van der Waals surface area contributed by atoms with Gasteiger partial charge in [-0.1, -0.05) is 18.2 Å². The van der Waals surface area contributed by atoms with Gasteiger partial charge in [0, 0.05) is 23.2 Å². The van der Waals surface area contributed by atoms with Gasteiger partial charge in [0.05, 0.1) is 0 Å². The number of benzene rings is 1. The van der Waals surface area contributed by atoms with Crippen LogP contribution in [0.15, 0.2) is 36.4 Å². The van der Waals surface area contributed by atoms with Crippen LogP contribution in [0.2, 0.25) is 0 Å². The highest BCUT2D eigenvalue weighted by Gasteiger charge is 2.39. The second kappa shape index (κ2) is 5.27. The molecule has 2 bridgehead atoms. The minimum Gasteiger partial charge on any atom is -0.326 e. The van der Waals surface area contributed by atoms with Crippen molar-refractivity contribution in [3.63, 3.8) is 0 Å². The fraction of sp³-hybridized carbons (Fsp3) is 0.444. The van der Waals surface area contributed by atoms with Crippen LogP contribution in [-0.4, -0.2) is 11.8 Å². The normalized spacial score (nSPS) is 28.6. The molecule has 0 spiro atoms. The lowest BCUT2D eigenvalue weighted by Gasteiger charge is -2.18. The first kappa shape index (κ1) is 13.6. The molecular formula is C18H20N2O2. The summed E-state index contributed by atoms with van der Waals surface area (Å²) in [4.78, 5) is 24.2. The first-order valence-corrected chi connectivity index (χ1v) is 8.09. The van der Waals surface area contributed by atoms with Crippen molar-refractivity contribution >= 4 is 23.2 Å². The van der Waals surface area contributed by atoms with E-state index in [4.69, 9.17) is 0 Å². The summed E-state index contributed by atoms with van der Waals surface area (Å²) in [6.07, 6.45) is 8.48. The number of hydrogen-bond acceptors (Lipinski definition) is 2. The minimum absolute atomic E-state index is 0.0849. The summed E-state index contributed by atoms with van der Waals surface area (Å²) in [5, 5.41) is 5.92. The number of anilines is 2. The zero-order valence-corrected chi connectivity index (χ0v) is 12.4. The molecule has 2 fully saturated rings. The number of carbonyl (C=O) groups excluding carboxylic acids is 2. The summed E-state index contributed by atoms with van der Waals surface area (Å²) in [7, 11) is 0. The molecule has 3 aliphatic carbocycles. The highest BCUT2D eigenvalue weighted by molar-refractivity contribution is 5.96. The van der Waals surface area contributed by atoms with Gasteiger partial charge in [-0.25, -0.2) is 0 Å². The van der Waals surface area contributed by atoms with Crippen LogP contribution < -0.4 is 10.6 Å². The van der Waals surface area contributed by atoms with Crippen molar-refractivity contribution in [1.29, 1.82) is 0 Å². The fourth-order valence-electron chi connectivity index (χ4n) is 3.58. The largest absolute Gasteiger partial charge is 0.326 e. The van der Waals surface area contributed by atoms with Crippen LogP contribution in [0.4, 0.5) is 11.4 Å². The van der Waals surface area contributed by atoms with Gasteiger partial charge in [-0.15, -0.1) is 0 Å². The van der Waals surface area contributed by atoms with Gasteiger partial charge in [0.25, 0.3) is 0 Å². The maximum Gasteiger partial charge on any atom is 0.228 e. The molecule has 0 unspecified atom stereocenters. The summed E-state index contributed by atoms with van der Waals surface area (Å²) >= 11 is 0. The van der Waals surface area contributed by atoms with Crippen LogP contribution in [0, 0.1) is 23.7 Å². The number of allylic oxidation sites excluding steroid dienone is 2. The number of hydrogen-bond donors (Lipinski definition) is 2. The lowest BCUT2D eigenvalue weighted by molar-refractivity contribution is -0.120. The van der Waals surface area contributed by atoms with Gasteiger partial charge in [-0.05, 0) is 55.7 Å². The van der Waals surface area contributed by atoms with E-state index in [9.17, 15) is 9.59 Å². The number of carbonyl (C=O) groups is 2. The Morgan fingerprint density at radius 1 is 0.955 bits per heavy atom. The molecule has 4 heteroatoms. The molecule has 0 heterocycles. The molecule has 0 radical (unpaired) electrons. The summed E-state index contributed by atoms with van der Waals surface area (Å²) in [5.41, 5.74) is 1.51. The van der Waals surface area contributed by atoms with Gasteiger partial charge in [-0.2, -0.15) is 0 Å². The Morgan fingerprint density at radius 3 is 2.27 bits per heavy atom. The Labute approximate surface area is 130 Å². The Morgan fingerprint density at radius 2 is 1.68 bits per heavy atom. The van der Waals surface area contributed by atoms with E-state index in [0.717, 1.165) is 37.1 Å². The number of amides is 2. The molecule has 2 N–H and O–H groups in total. The third-order valence-electron chi connectivity index (χ3n) is 4.96. The van der Waals surface area contributed by atoms with Crippen LogP contribution in [0.5, 0.6) is 0 Å². The van der Waals surface area contributed by atoms with Crippen molar-refractivity contribution in [2.75, 3.05) is 10.6 Å². The van der Waals surface area contributed by atoms with E-state index in [1.165, 1.54) is 0 Å². The highest BCUT2D eigenvalue weighted by Crippen LogP contribution is 2.43. The second-order valence-electron chi connectivity index (χ2n) is 6.72. The van der Waals surface area contributed by atoms with E-state index in [1.54, 1.807) is 0 Å². The molecule has 22 heavy (non-hydrogen) atoms. The molecule has 3 atom stereocenters. The van der Waals surface area contributed by atoms with Gasteiger partial charge in [0.1, 0.15) is 0 Å². The second-order valence-corrected chi connectivity index (χ2v) is 6.72. The van der Waals surface area contributed by atoms with Crippen molar-refractivity contribution in [1.82, 2.24) is 0 Å². The smallest absolute Gasteiger partial charge is 0.228 e. The number of nitrogens with one attached hydrogen (secondary N) is 2. The van der Waals surface area contributed by atoms with E-state index in [-0.39, 0.29) is 23.7 Å². The van der Waals surface area contributed by atoms with Crippen LogP contribution in [0.3, 0.4) is 0 Å². The van der Waals surface area contributed by atoms with Gasteiger partial charge >= 0.3 is 0 Å². The Kier molecular flexibility index (Phi) is 3.25. The van der Waals surface area contributed by atoms with E-state index < -0.39 is 0 Å². The third-order valence-corrected chi connectivity index (χ3v) is 4.96. The van der Waals surface area contributed by atoms with E-state index in [0.29, 0.717) is 11.8 Å². The lowest BCUT2D eigenvalue weighted by Crippen LogP contribution is -2.26. The maximum absolute atomic E-state index is 12.4. The fourth-order valence-corrected chi connectivity index (χ4v) is 3.58. The van der Waals surface area contributed by atoms with Gasteiger partial charge < -0.3 is 10.6 Å². The highest BCUT2D eigenvalue weighted by atomic mass is 16.2. The summed E-state index contributed by atoms with van der Waals surface area (Å²) in [6, 6.07) is 7.42. The first-order valence-electron chi connectivity index (χ1n) is 8.09. The minimum atomic E-state index is 0.0849. The lowest BCUT2D eigenvalue weighted by atomic mass is 9.93. The molecule has 3 aliphatic rings. The van der Waals surface area contributed by atoms with E-state index >= 15 is 0 Å². The summed E-state index contributed by atoms with van der Waals surface area (Å²) in [5.74, 6) is 1.45. The predicted molar refractivity (Wildman–Crippen MR) is 85.3 cm³/mol. The van der Waals surface area contributed by atoms with Crippen LogP contribution in [-0.2, 0) is 9.59 Å². The zero-order valence-electron chi connectivity index (χ0n) is 12.4. The Bertz CT molecular complexity index is 648. The standard InChI is InChI=1S/C18H20N2O2/c21-17(12-6-7-12)19-14-2-1-3-15(10-14)20-18(22)16-9-11-4-5-13(16)8-11/h1-5,10-13,16H,6-9H2,(H,19,21)(H,20,22)/t11-,13-,16-/m0/s1. The molecule has 0 aromatic heterocycles. The van der Waals surface area contributed by atoms with Crippen molar-refractivity contribution in [3.05, 3.63) is 36.4 Å². The molecule has 0 saturated heterocycles. The summed E-state index contributed by atoms with van der Waals surface area (Å²) in [6.45, 7) is 0. The molecule has 4 rings (SSSR count). The topological polar surface area (TPSA) is 58.2 Å². The molecule has 114 valence electrons. The molecule has 2 saturated carbocycles. The molecule has 4 nitrogen and oxygen atoms in total. The number of fused-ring (bicyclic) bond motifs is 2. The monoisotopic (exact) mass is 296 g/mol. The van der Waals surface area contributed by atoms with Crippen molar-refractivity contribution in [2.45, 2.75) is 25.7 Å². The maximum atomic E-state index is 12.4. The third kappa shape index (κ3) is 2.65. The van der Waals surface area contributed by atoms with Gasteiger partial charge in [-0.3, -0.25) is 9.59 Å². The number of rotatable bonds is 4. The molecule has 1 aromatic carbocycles. The first-order chi connectivity index (χ1) is 10.7. The van der Waals surface area contributed by atoms with Crippen molar-refractivity contribution in [2.24, 2.45) is 23.7 Å². The molecule has 1 aromatic rings. The quantitative estimate of drug-likeness (QED) is 0.838. The molecular weight excluding hydrogens is 276 g/mol. The SMILES string of the molecule is O=C(Nc1cccc(NC(=O)[C@H]2C[C@H]3C=C[C@H]2C3)c1)C1CC1. The average Bonchev–Trinajstić information content (AvgIpc) is 3.15. The molecule has 0 aliphatic heterocycles. The van der Waals surface area contributed by atoms with E-state index in [2.05, 4.69) is 22.8 Å². The molecule has 2 amide bonds. The van der Waals surface area contributed by atoms with Gasteiger partial charge in [0.2, 0.25) is 11.8 Å². The van der Waals surface area contributed by atoms with Crippen LogP contribution in [0.25, 0.3) is 0 Å². The predicted octanol–water partition coefficient (Wildman–Crippen LogP) is 3.19. The van der Waals surface area contributed by atoms with Crippen molar-refractivity contribution in [3.8, 4) is 0 Å². The van der Waals surface area contributed by atoms with Crippen LogP contribution >= 0.6 is 0 Å². The van der Waals surface area contributed by atoms with Gasteiger partial charge in [0.15, 0.2) is 0 Å². The van der Waals surface area contributed by atoms with E-state index in [1.807, 2.05) is 24.3 Å².